The third-order valence-electron chi connectivity index (χ3n) is 3.12. The first kappa shape index (κ1) is 14.1. The number of fused-ring (bicyclic) bond motifs is 1. The molecule has 22 heavy (non-hydrogen) atoms. The molecule has 0 fully saturated rings. The Morgan fingerprint density at radius 3 is 2.64 bits per heavy atom. The molecule has 0 spiro atoms. The van der Waals surface area contributed by atoms with Gasteiger partial charge in [-0.15, -0.1) is 0 Å². The summed E-state index contributed by atoms with van der Waals surface area (Å²) in [6.07, 6.45) is 1.14. The van der Waals surface area contributed by atoms with Gasteiger partial charge >= 0.3 is 0 Å². The lowest BCUT2D eigenvalue weighted by Crippen LogP contribution is -1.97. The number of nitrogens with zero attached hydrogens (tertiary/aromatic N) is 2. The van der Waals surface area contributed by atoms with Crippen LogP contribution in [0.1, 0.15) is 17.3 Å². The molecule has 0 unspecified atom stereocenters. The number of rotatable bonds is 3. The van der Waals surface area contributed by atoms with Crippen LogP contribution in [0, 0.1) is 11.6 Å². The Morgan fingerprint density at radius 2 is 1.91 bits per heavy atom. The van der Waals surface area contributed by atoms with E-state index in [9.17, 15) is 13.6 Å². The minimum absolute atomic E-state index is 0.0407. The van der Waals surface area contributed by atoms with E-state index in [0.29, 0.717) is 5.39 Å². The van der Waals surface area contributed by atoms with E-state index in [0.717, 1.165) is 12.4 Å². The van der Waals surface area contributed by atoms with E-state index in [1.165, 1.54) is 31.2 Å². The molecule has 2 aromatic carbocycles. The number of para-hydroxylation sites is 1. The van der Waals surface area contributed by atoms with E-state index in [1.807, 2.05) is 0 Å². The molecule has 0 bridgehead atoms. The largest absolute Gasteiger partial charge is 0.435 e. The van der Waals surface area contributed by atoms with Crippen LogP contribution in [0.5, 0.6) is 11.6 Å². The van der Waals surface area contributed by atoms with Crippen molar-refractivity contribution in [2.45, 2.75) is 6.92 Å². The Bertz CT molecular complexity index is 881. The molecule has 3 rings (SSSR count). The van der Waals surface area contributed by atoms with E-state index >= 15 is 0 Å². The van der Waals surface area contributed by atoms with Gasteiger partial charge in [0.2, 0.25) is 5.88 Å². The molecular formula is C16H10F2N2O2. The molecule has 0 amide bonds. The van der Waals surface area contributed by atoms with E-state index in [2.05, 4.69) is 9.97 Å². The smallest absolute Gasteiger partial charge is 0.230 e. The molecule has 0 aliphatic heterocycles. The van der Waals surface area contributed by atoms with Gasteiger partial charge in [-0.3, -0.25) is 4.79 Å². The standard InChI is InChI=1S/C16H10F2N2O2/c1-9(21)10-5-6-14(13(18)7-10)22-16-11-3-2-4-12(17)15(11)19-8-20-16/h2-8H,1H3. The van der Waals surface area contributed by atoms with Gasteiger partial charge in [0.1, 0.15) is 17.7 Å². The van der Waals surface area contributed by atoms with Gasteiger partial charge in [-0.05, 0) is 37.3 Å². The molecule has 0 aliphatic carbocycles. The summed E-state index contributed by atoms with van der Waals surface area (Å²) in [5.74, 6) is -1.53. The molecule has 0 N–H and O–H groups in total. The highest BCUT2D eigenvalue weighted by Gasteiger charge is 2.13. The third-order valence-corrected chi connectivity index (χ3v) is 3.12. The molecule has 0 atom stereocenters. The van der Waals surface area contributed by atoms with Crippen LogP contribution in [0.3, 0.4) is 0 Å². The minimum atomic E-state index is -0.698. The normalized spacial score (nSPS) is 10.7. The Hall–Kier alpha value is -2.89. The van der Waals surface area contributed by atoms with Crippen LogP contribution in [-0.4, -0.2) is 15.8 Å². The lowest BCUT2D eigenvalue weighted by Gasteiger charge is -2.09. The summed E-state index contributed by atoms with van der Waals surface area (Å²) in [6.45, 7) is 1.34. The second-order valence-electron chi connectivity index (χ2n) is 4.62. The summed E-state index contributed by atoms with van der Waals surface area (Å²) in [7, 11) is 0. The van der Waals surface area contributed by atoms with Crippen molar-refractivity contribution in [2.24, 2.45) is 0 Å². The minimum Gasteiger partial charge on any atom is -0.435 e. The highest BCUT2D eigenvalue weighted by molar-refractivity contribution is 5.94. The first-order valence-electron chi connectivity index (χ1n) is 6.44. The first-order chi connectivity index (χ1) is 10.6. The molecule has 1 aromatic heterocycles. The number of ketones is 1. The lowest BCUT2D eigenvalue weighted by molar-refractivity contribution is 0.101. The van der Waals surface area contributed by atoms with Crippen molar-refractivity contribution in [1.82, 2.24) is 9.97 Å². The molecule has 0 saturated carbocycles. The highest BCUT2D eigenvalue weighted by atomic mass is 19.1. The summed E-state index contributed by atoms with van der Waals surface area (Å²) in [6, 6.07) is 8.20. The third kappa shape index (κ3) is 2.50. The van der Waals surface area contributed by atoms with Crippen molar-refractivity contribution < 1.29 is 18.3 Å². The SMILES string of the molecule is CC(=O)c1ccc(Oc2ncnc3c(F)cccc23)c(F)c1. The summed E-state index contributed by atoms with van der Waals surface area (Å²) >= 11 is 0. The molecular weight excluding hydrogens is 290 g/mol. The van der Waals surface area contributed by atoms with Crippen molar-refractivity contribution in [3.8, 4) is 11.6 Å². The Kier molecular flexibility index (Phi) is 3.50. The number of carbonyl (C=O) groups excluding carboxylic acids is 1. The summed E-state index contributed by atoms with van der Waals surface area (Å²) in [5.41, 5.74) is 0.330. The monoisotopic (exact) mass is 300 g/mol. The maximum atomic E-state index is 14.0. The van der Waals surface area contributed by atoms with Gasteiger partial charge in [0.25, 0.3) is 0 Å². The van der Waals surface area contributed by atoms with Crippen LogP contribution in [0.15, 0.2) is 42.7 Å². The number of benzene rings is 2. The first-order valence-corrected chi connectivity index (χ1v) is 6.44. The zero-order chi connectivity index (χ0) is 15.7. The number of hydrogen-bond acceptors (Lipinski definition) is 4. The molecule has 1 heterocycles. The van der Waals surface area contributed by atoms with Gasteiger partial charge in [0.05, 0.1) is 5.39 Å². The van der Waals surface area contributed by atoms with Crippen LogP contribution in [-0.2, 0) is 0 Å². The molecule has 6 heteroatoms. The maximum Gasteiger partial charge on any atom is 0.230 e. The number of hydrogen-bond donors (Lipinski definition) is 0. The second kappa shape index (κ2) is 5.48. The van der Waals surface area contributed by atoms with Gasteiger partial charge in [0, 0.05) is 5.56 Å². The molecule has 3 aromatic rings. The van der Waals surface area contributed by atoms with Crippen LogP contribution >= 0.6 is 0 Å². The van der Waals surface area contributed by atoms with Crippen molar-refractivity contribution in [2.75, 3.05) is 0 Å². The van der Waals surface area contributed by atoms with E-state index in [1.54, 1.807) is 6.07 Å². The second-order valence-corrected chi connectivity index (χ2v) is 4.62. The summed E-state index contributed by atoms with van der Waals surface area (Å²) in [4.78, 5) is 19.0. The Balaban J connectivity index is 2.04. The molecule has 0 saturated heterocycles. The van der Waals surface area contributed by atoms with Crippen LogP contribution < -0.4 is 4.74 Å². The Labute approximate surface area is 124 Å². The van der Waals surface area contributed by atoms with Crippen molar-refractivity contribution in [3.05, 3.63) is 59.9 Å². The van der Waals surface area contributed by atoms with Crippen LogP contribution in [0.25, 0.3) is 10.9 Å². The topological polar surface area (TPSA) is 52.1 Å². The molecule has 110 valence electrons. The maximum absolute atomic E-state index is 14.0. The van der Waals surface area contributed by atoms with Crippen LogP contribution in [0.4, 0.5) is 8.78 Å². The average Bonchev–Trinajstić information content (AvgIpc) is 2.50. The number of ether oxygens (including phenoxy) is 1. The highest BCUT2D eigenvalue weighted by Crippen LogP contribution is 2.29. The number of carbonyl (C=O) groups is 1. The molecule has 4 nitrogen and oxygen atoms in total. The van der Waals surface area contributed by atoms with Gasteiger partial charge < -0.3 is 4.74 Å². The average molecular weight is 300 g/mol. The molecule has 0 radical (unpaired) electrons. The summed E-state index contributed by atoms with van der Waals surface area (Å²) < 4.78 is 33.1. The number of aromatic nitrogens is 2. The van der Waals surface area contributed by atoms with Gasteiger partial charge in [0.15, 0.2) is 17.3 Å². The zero-order valence-corrected chi connectivity index (χ0v) is 11.5. The fourth-order valence-corrected chi connectivity index (χ4v) is 2.02. The quantitative estimate of drug-likeness (QED) is 0.688. The predicted molar refractivity (Wildman–Crippen MR) is 76.0 cm³/mol. The zero-order valence-electron chi connectivity index (χ0n) is 11.5. The van der Waals surface area contributed by atoms with Crippen molar-refractivity contribution in [1.29, 1.82) is 0 Å². The fraction of sp³-hybridized carbons (Fsp3) is 0.0625. The van der Waals surface area contributed by atoms with Crippen LogP contribution in [0.2, 0.25) is 0 Å². The van der Waals surface area contributed by atoms with Crippen molar-refractivity contribution >= 4 is 16.7 Å². The fourth-order valence-electron chi connectivity index (χ4n) is 2.02. The Morgan fingerprint density at radius 1 is 1.09 bits per heavy atom. The van der Waals surface area contributed by atoms with Crippen molar-refractivity contribution in [3.63, 3.8) is 0 Å². The number of halogens is 2. The lowest BCUT2D eigenvalue weighted by atomic mass is 10.1. The van der Waals surface area contributed by atoms with E-state index in [-0.39, 0.29) is 28.5 Å². The van der Waals surface area contributed by atoms with E-state index < -0.39 is 11.6 Å². The number of Topliss-reactive ketones (excluding diaryl/α,β-unsaturated/α-hetero) is 1. The van der Waals surface area contributed by atoms with Gasteiger partial charge in [-0.1, -0.05) is 6.07 Å². The van der Waals surface area contributed by atoms with E-state index in [4.69, 9.17) is 4.74 Å². The molecule has 0 aliphatic rings. The van der Waals surface area contributed by atoms with Gasteiger partial charge in [-0.2, -0.15) is 0 Å². The predicted octanol–water partition coefficient (Wildman–Crippen LogP) is 3.90. The summed E-state index contributed by atoms with van der Waals surface area (Å²) in [5, 5.41) is 0.331. The van der Waals surface area contributed by atoms with Gasteiger partial charge in [-0.25, -0.2) is 18.7 Å².